The van der Waals surface area contributed by atoms with E-state index in [2.05, 4.69) is 4.99 Å². The SMILES string of the molecule is COc1cc(N=C(N)N)cc(OC)c1OC.O=[N+]([O-])O. The van der Waals surface area contributed by atoms with Crippen LogP contribution in [0.15, 0.2) is 17.1 Å². The first-order valence-corrected chi connectivity index (χ1v) is 5.08. The van der Waals surface area contributed by atoms with E-state index in [9.17, 15) is 0 Å². The molecule has 0 saturated carbocycles. The second-order valence-electron chi connectivity index (χ2n) is 3.16. The van der Waals surface area contributed by atoms with Crippen molar-refractivity contribution in [1.29, 1.82) is 0 Å². The Morgan fingerprint density at radius 2 is 1.60 bits per heavy atom. The number of nitrogens with two attached hydrogens (primary N) is 2. The van der Waals surface area contributed by atoms with Gasteiger partial charge >= 0.3 is 0 Å². The summed E-state index contributed by atoms with van der Waals surface area (Å²) in [7, 11) is 4.58. The lowest BCUT2D eigenvalue weighted by Crippen LogP contribution is -2.21. The summed E-state index contributed by atoms with van der Waals surface area (Å²) < 4.78 is 15.4. The van der Waals surface area contributed by atoms with Crippen LogP contribution in [0.1, 0.15) is 0 Å². The lowest BCUT2D eigenvalue weighted by atomic mass is 10.2. The van der Waals surface area contributed by atoms with Crippen LogP contribution in [0.25, 0.3) is 0 Å². The van der Waals surface area contributed by atoms with Gasteiger partial charge in [0.1, 0.15) is 0 Å². The number of nitrogens with zero attached hydrogens (tertiary/aromatic N) is 2. The molecule has 10 heteroatoms. The smallest absolute Gasteiger partial charge is 0.291 e. The third kappa shape index (κ3) is 5.62. The molecule has 0 spiro atoms. The van der Waals surface area contributed by atoms with E-state index in [4.69, 9.17) is 41.0 Å². The summed E-state index contributed by atoms with van der Waals surface area (Å²) in [6, 6.07) is 3.31. The first kappa shape index (κ1) is 17.1. The minimum Gasteiger partial charge on any atom is -0.493 e. The van der Waals surface area contributed by atoms with Crippen molar-refractivity contribution < 1.29 is 24.5 Å². The maximum atomic E-state index is 8.36. The highest BCUT2D eigenvalue weighted by Gasteiger charge is 2.12. The summed E-state index contributed by atoms with van der Waals surface area (Å²) in [5.74, 6) is 1.47. The van der Waals surface area contributed by atoms with Crippen LogP contribution in [-0.2, 0) is 0 Å². The Bertz CT molecular complexity index is 458. The number of aliphatic imine (C=N–C) groups is 1. The van der Waals surface area contributed by atoms with Crippen molar-refractivity contribution in [1.82, 2.24) is 0 Å². The van der Waals surface area contributed by atoms with E-state index in [0.29, 0.717) is 22.9 Å². The van der Waals surface area contributed by atoms with E-state index in [1.807, 2.05) is 0 Å². The molecule has 0 heterocycles. The van der Waals surface area contributed by atoms with Gasteiger partial charge < -0.3 is 30.9 Å². The Morgan fingerprint density at radius 1 is 1.20 bits per heavy atom. The topological polar surface area (TPSA) is 155 Å². The Morgan fingerprint density at radius 3 is 1.85 bits per heavy atom. The fraction of sp³-hybridized carbons (Fsp3) is 0.300. The Kier molecular flexibility index (Phi) is 7.04. The summed E-state index contributed by atoms with van der Waals surface area (Å²) in [6.07, 6.45) is 0. The lowest BCUT2D eigenvalue weighted by molar-refractivity contribution is -0.742. The summed E-state index contributed by atoms with van der Waals surface area (Å²) in [6.45, 7) is 0. The molecule has 0 amide bonds. The monoisotopic (exact) mass is 288 g/mol. The van der Waals surface area contributed by atoms with E-state index in [1.54, 1.807) is 12.1 Å². The summed E-state index contributed by atoms with van der Waals surface area (Å²) >= 11 is 0. The van der Waals surface area contributed by atoms with Crippen molar-refractivity contribution in [2.24, 2.45) is 16.5 Å². The number of methoxy groups -OCH3 is 3. The highest BCUT2D eigenvalue weighted by atomic mass is 16.9. The lowest BCUT2D eigenvalue weighted by Gasteiger charge is -2.12. The third-order valence-electron chi connectivity index (χ3n) is 1.91. The summed E-state index contributed by atoms with van der Waals surface area (Å²) in [5.41, 5.74) is 11.1. The van der Waals surface area contributed by atoms with E-state index in [0.717, 1.165) is 0 Å². The standard InChI is InChI=1S/C10H15N3O3.HNO3/c1-14-7-4-6(13-10(11)12)5-8(15-2)9(7)16-3;2-1(3)4/h4-5H,1-3H3,(H4,11,12,13);(H,2,3,4). The van der Waals surface area contributed by atoms with Crippen LogP contribution in [0.4, 0.5) is 5.69 Å². The van der Waals surface area contributed by atoms with Crippen molar-refractivity contribution in [3.05, 3.63) is 22.2 Å². The molecule has 0 aromatic heterocycles. The van der Waals surface area contributed by atoms with Gasteiger partial charge in [-0.25, -0.2) is 4.99 Å². The number of hydrogen-bond donors (Lipinski definition) is 3. The molecule has 5 N–H and O–H groups in total. The highest BCUT2D eigenvalue weighted by molar-refractivity contribution is 5.79. The summed E-state index contributed by atoms with van der Waals surface area (Å²) in [5, 5.41) is 13.6. The fourth-order valence-electron chi connectivity index (χ4n) is 1.28. The van der Waals surface area contributed by atoms with Crippen LogP contribution in [0.3, 0.4) is 0 Å². The van der Waals surface area contributed by atoms with Crippen LogP contribution in [-0.4, -0.2) is 37.6 Å². The van der Waals surface area contributed by atoms with E-state index < -0.39 is 5.09 Å². The molecule has 1 rings (SSSR count). The zero-order chi connectivity index (χ0) is 15.7. The van der Waals surface area contributed by atoms with E-state index in [-0.39, 0.29) is 5.96 Å². The largest absolute Gasteiger partial charge is 0.493 e. The molecule has 0 bridgehead atoms. The molecule has 0 aliphatic carbocycles. The average molecular weight is 288 g/mol. The molecule has 20 heavy (non-hydrogen) atoms. The molecule has 112 valence electrons. The maximum absolute atomic E-state index is 8.36. The van der Waals surface area contributed by atoms with Gasteiger partial charge in [0.05, 0.1) is 27.0 Å². The number of rotatable bonds is 4. The number of hydrogen-bond acceptors (Lipinski definition) is 6. The number of guanidine groups is 1. The minimum absolute atomic E-state index is 0.0331. The molecule has 1 aromatic carbocycles. The molecule has 0 aliphatic heterocycles. The predicted octanol–water partition coefficient (Wildman–Crippen LogP) is 0.270. The predicted molar refractivity (Wildman–Crippen MR) is 70.3 cm³/mol. The normalized spacial score (nSPS) is 8.75. The van der Waals surface area contributed by atoms with Gasteiger partial charge in [-0.1, -0.05) is 0 Å². The van der Waals surface area contributed by atoms with Gasteiger partial charge in [0, 0.05) is 12.1 Å². The second-order valence-corrected chi connectivity index (χ2v) is 3.16. The number of ether oxygens (including phenoxy) is 3. The van der Waals surface area contributed by atoms with Gasteiger partial charge in [0.15, 0.2) is 17.5 Å². The van der Waals surface area contributed by atoms with Gasteiger partial charge in [-0.15, -0.1) is 10.1 Å². The first-order chi connectivity index (χ1) is 9.35. The zero-order valence-corrected chi connectivity index (χ0v) is 11.2. The molecule has 10 nitrogen and oxygen atoms in total. The van der Waals surface area contributed by atoms with Crippen LogP contribution >= 0.6 is 0 Å². The fourth-order valence-corrected chi connectivity index (χ4v) is 1.28. The molecule has 1 aromatic rings. The van der Waals surface area contributed by atoms with E-state index >= 15 is 0 Å². The van der Waals surface area contributed by atoms with Gasteiger partial charge in [0.25, 0.3) is 5.09 Å². The Balaban J connectivity index is 0.000000796. The Labute approximate surface area is 114 Å². The van der Waals surface area contributed by atoms with Gasteiger partial charge in [0.2, 0.25) is 5.75 Å². The van der Waals surface area contributed by atoms with Crippen molar-refractivity contribution >= 4 is 11.6 Å². The van der Waals surface area contributed by atoms with Crippen LogP contribution in [0, 0.1) is 10.1 Å². The Hall–Kier alpha value is -2.91. The van der Waals surface area contributed by atoms with Crippen LogP contribution in [0.5, 0.6) is 17.2 Å². The van der Waals surface area contributed by atoms with Crippen molar-refractivity contribution in [2.75, 3.05) is 21.3 Å². The van der Waals surface area contributed by atoms with Crippen LogP contribution < -0.4 is 25.7 Å². The molecule has 0 saturated heterocycles. The van der Waals surface area contributed by atoms with Crippen molar-refractivity contribution in [3.63, 3.8) is 0 Å². The maximum Gasteiger partial charge on any atom is 0.291 e. The average Bonchev–Trinajstić information content (AvgIpc) is 2.36. The quantitative estimate of drug-likeness (QED) is 0.308. The summed E-state index contributed by atoms with van der Waals surface area (Å²) in [4.78, 5) is 12.3. The molecule has 0 aliphatic rings. The molecule has 0 atom stereocenters. The molecule has 0 unspecified atom stereocenters. The third-order valence-corrected chi connectivity index (χ3v) is 1.91. The van der Waals surface area contributed by atoms with Crippen LogP contribution in [0.2, 0.25) is 0 Å². The van der Waals surface area contributed by atoms with Crippen molar-refractivity contribution in [2.45, 2.75) is 0 Å². The van der Waals surface area contributed by atoms with Gasteiger partial charge in [-0.3, -0.25) is 0 Å². The van der Waals surface area contributed by atoms with Crippen molar-refractivity contribution in [3.8, 4) is 17.2 Å². The molecule has 0 fully saturated rings. The van der Waals surface area contributed by atoms with Gasteiger partial charge in [-0.2, -0.15) is 0 Å². The molecule has 0 radical (unpaired) electrons. The number of benzene rings is 1. The first-order valence-electron chi connectivity index (χ1n) is 5.08. The zero-order valence-electron chi connectivity index (χ0n) is 11.2. The molecular formula is C10H16N4O6. The second kappa shape index (κ2) is 8.24. The highest BCUT2D eigenvalue weighted by Crippen LogP contribution is 2.40. The van der Waals surface area contributed by atoms with E-state index in [1.165, 1.54) is 21.3 Å². The molecular weight excluding hydrogens is 272 g/mol. The van der Waals surface area contributed by atoms with Gasteiger partial charge in [-0.05, 0) is 0 Å². The minimum atomic E-state index is -1.50.